The zero-order chi connectivity index (χ0) is 28.5. The molecule has 0 aromatic rings. The quantitative estimate of drug-likeness (QED) is 0.122. The zero-order valence-corrected chi connectivity index (χ0v) is 22.0. The molecule has 1 amide bonds. The van der Waals surface area contributed by atoms with Gasteiger partial charge in [0.25, 0.3) is 0 Å². The SMILES string of the molecule is CC(=O)NC1C(OC(C)=O)[C@@H](OC(C)=O)C(COC(C)=O)O[C@H]1OCCOCCOCCOCCC(=O)O. The highest BCUT2D eigenvalue weighted by molar-refractivity contribution is 5.73. The summed E-state index contributed by atoms with van der Waals surface area (Å²) in [6.45, 7) is 5.67. The predicted molar refractivity (Wildman–Crippen MR) is 125 cm³/mol. The highest BCUT2D eigenvalue weighted by atomic mass is 16.7. The number of ether oxygens (including phenoxy) is 8. The molecule has 1 rings (SSSR count). The summed E-state index contributed by atoms with van der Waals surface area (Å²) < 4.78 is 43.2. The topological polar surface area (TPSA) is 191 Å². The molecule has 5 atom stereocenters. The molecule has 1 heterocycles. The fourth-order valence-corrected chi connectivity index (χ4v) is 3.36. The minimum Gasteiger partial charge on any atom is -0.481 e. The lowest BCUT2D eigenvalue weighted by molar-refractivity contribution is -0.279. The van der Waals surface area contributed by atoms with Crippen molar-refractivity contribution in [2.24, 2.45) is 0 Å². The molecule has 38 heavy (non-hydrogen) atoms. The van der Waals surface area contributed by atoms with Gasteiger partial charge in [0, 0.05) is 27.7 Å². The Morgan fingerprint density at radius 1 is 0.737 bits per heavy atom. The molecule has 0 bridgehead atoms. The fraction of sp³-hybridized carbons (Fsp3) is 0.783. The van der Waals surface area contributed by atoms with Crippen LogP contribution in [0.25, 0.3) is 0 Å². The van der Waals surface area contributed by atoms with Crippen LogP contribution in [0.3, 0.4) is 0 Å². The van der Waals surface area contributed by atoms with Gasteiger partial charge in [-0.25, -0.2) is 0 Å². The van der Waals surface area contributed by atoms with Crippen LogP contribution in [0, 0.1) is 0 Å². The molecule has 0 aromatic carbocycles. The first-order valence-corrected chi connectivity index (χ1v) is 12.0. The molecule has 3 unspecified atom stereocenters. The summed E-state index contributed by atoms with van der Waals surface area (Å²) in [4.78, 5) is 57.2. The monoisotopic (exact) mass is 551 g/mol. The van der Waals surface area contributed by atoms with Crippen LogP contribution in [0.4, 0.5) is 0 Å². The average Bonchev–Trinajstić information content (AvgIpc) is 2.80. The van der Waals surface area contributed by atoms with Crippen molar-refractivity contribution in [1.82, 2.24) is 5.32 Å². The molecule has 1 aliphatic rings. The number of carbonyl (C=O) groups is 5. The fourth-order valence-electron chi connectivity index (χ4n) is 3.36. The van der Waals surface area contributed by atoms with Crippen LogP contribution in [-0.4, -0.2) is 118 Å². The zero-order valence-electron chi connectivity index (χ0n) is 22.0. The predicted octanol–water partition coefficient (Wildman–Crippen LogP) is -0.816. The third kappa shape index (κ3) is 14.2. The maximum Gasteiger partial charge on any atom is 0.305 e. The Hall–Kier alpha value is -2.85. The molecule has 1 fully saturated rings. The Balaban J connectivity index is 2.67. The van der Waals surface area contributed by atoms with Gasteiger partial charge in [0.05, 0.1) is 52.7 Å². The van der Waals surface area contributed by atoms with Crippen molar-refractivity contribution < 1.29 is 67.0 Å². The summed E-state index contributed by atoms with van der Waals surface area (Å²) in [5, 5.41) is 11.1. The Kier molecular flexibility index (Phi) is 16.1. The van der Waals surface area contributed by atoms with Crippen LogP contribution in [0.15, 0.2) is 0 Å². The minimum atomic E-state index is -1.20. The third-order valence-electron chi connectivity index (χ3n) is 4.79. The summed E-state index contributed by atoms with van der Waals surface area (Å²) >= 11 is 0. The van der Waals surface area contributed by atoms with Crippen molar-refractivity contribution in [2.45, 2.75) is 64.8 Å². The summed E-state index contributed by atoms with van der Waals surface area (Å²) in [5.74, 6) is -3.43. The smallest absolute Gasteiger partial charge is 0.305 e. The summed E-state index contributed by atoms with van der Waals surface area (Å²) in [6.07, 6.45) is -4.71. The number of nitrogens with one attached hydrogen (secondary N) is 1. The molecular weight excluding hydrogens is 514 g/mol. The van der Waals surface area contributed by atoms with Crippen LogP contribution < -0.4 is 5.32 Å². The van der Waals surface area contributed by atoms with Crippen molar-refractivity contribution in [3.63, 3.8) is 0 Å². The van der Waals surface area contributed by atoms with Gasteiger partial charge in [0.1, 0.15) is 18.8 Å². The second-order valence-corrected chi connectivity index (χ2v) is 8.07. The Morgan fingerprint density at radius 2 is 1.26 bits per heavy atom. The number of carbonyl (C=O) groups excluding carboxylic acids is 4. The van der Waals surface area contributed by atoms with E-state index in [0.717, 1.165) is 13.8 Å². The van der Waals surface area contributed by atoms with E-state index in [1.54, 1.807) is 0 Å². The molecule has 0 saturated carbocycles. The molecule has 2 N–H and O–H groups in total. The molecule has 1 aliphatic heterocycles. The highest BCUT2D eigenvalue weighted by Gasteiger charge is 2.51. The van der Waals surface area contributed by atoms with Crippen LogP contribution in [0.2, 0.25) is 0 Å². The summed E-state index contributed by atoms with van der Waals surface area (Å²) in [7, 11) is 0. The summed E-state index contributed by atoms with van der Waals surface area (Å²) in [5.41, 5.74) is 0. The van der Waals surface area contributed by atoms with E-state index in [1.165, 1.54) is 13.8 Å². The molecule has 15 nitrogen and oxygen atoms in total. The summed E-state index contributed by atoms with van der Waals surface area (Å²) in [6, 6.07) is -1.06. The maximum absolute atomic E-state index is 11.9. The molecule has 0 aromatic heterocycles. The lowest BCUT2D eigenvalue weighted by atomic mass is 9.96. The van der Waals surface area contributed by atoms with Crippen molar-refractivity contribution in [3.8, 4) is 0 Å². The van der Waals surface area contributed by atoms with Gasteiger partial charge in [0.2, 0.25) is 5.91 Å². The number of hydrogen-bond donors (Lipinski definition) is 2. The Morgan fingerprint density at radius 3 is 1.76 bits per heavy atom. The average molecular weight is 552 g/mol. The van der Waals surface area contributed by atoms with Crippen LogP contribution >= 0.6 is 0 Å². The number of aliphatic carboxylic acids is 1. The van der Waals surface area contributed by atoms with Crippen LogP contribution in [-0.2, 0) is 61.9 Å². The molecule has 15 heteroatoms. The molecule has 218 valence electrons. The first kappa shape index (κ1) is 33.2. The molecular formula is C23H37NO14. The minimum absolute atomic E-state index is 0.00433. The van der Waals surface area contributed by atoms with E-state index < -0.39 is 60.4 Å². The van der Waals surface area contributed by atoms with Crippen LogP contribution in [0.1, 0.15) is 34.1 Å². The van der Waals surface area contributed by atoms with E-state index in [2.05, 4.69) is 5.32 Å². The number of amides is 1. The number of esters is 3. The van der Waals surface area contributed by atoms with Gasteiger partial charge in [-0.3, -0.25) is 24.0 Å². The van der Waals surface area contributed by atoms with Crippen molar-refractivity contribution in [1.29, 1.82) is 0 Å². The van der Waals surface area contributed by atoms with Gasteiger partial charge in [0.15, 0.2) is 18.5 Å². The van der Waals surface area contributed by atoms with Gasteiger partial charge in [-0.15, -0.1) is 0 Å². The first-order valence-electron chi connectivity index (χ1n) is 12.0. The van der Waals surface area contributed by atoms with E-state index in [4.69, 9.17) is 43.0 Å². The molecule has 0 radical (unpaired) electrons. The lowest BCUT2D eigenvalue weighted by Gasteiger charge is -2.44. The highest BCUT2D eigenvalue weighted by Crippen LogP contribution is 2.28. The molecule has 0 spiro atoms. The van der Waals surface area contributed by atoms with Gasteiger partial charge in [-0.2, -0.15) is 0 Å². The number of carboxylic acids is 1. The first-order chi connectivity index (χ1) is 18.0. The third-order valence-corrected chi connectivity index (χ3v) is 4.79. The number of rotatable bonds is 18. The largest absolute Gasteiger partial charge is 0.481 e. The molecule has 1 saturated heterocycles. The second-order valence-electron chi connectivity index (χ2n) is 8.07. The van der Waals surface area contributed by atoms with E-state index in [-0.39, 0.29) is 59.3 Å². The number of hydrogen-bond acceptors (Lipinski definition) is 13. The van der Waals surface area contributed by atoms with Gasteiger partial charge in [-0.1, -0.05) is 0 Å². The van der Waals surface area contributed by atoms with E-state index in [9.17, 15) is 24.0 Å². The van der Waals surface area contributed by atoms with Crippen molar-refractivity contribution in [2.75, 3.05) is 52.9 Å². The maximum atomic E-state index is 11.9. The normalized spacial score (nSPS) is 22.8. The van der Waals surface area contributed by atoms with E-state index >= 15 is 0 Å². The van der Waals surface area contributed by atoms with Crippen LogP contribution in [0.5, 0.6) is 0 Å². The molecule has 0 aliphatic carbocycles. The Bertz CT molecular complexity index is 775. The van der Waals surface area contributed by atoms with Crippen molar-refractivity contribution >= 4 is 29.8 Å². The van der Waals surface area contributed by atoms with E-state index in [0.29, 0.717) is 0 Å². The van der Waals surface area contributed by atoms with Gasteiger partial charge >= 0.3 is 23.9 Å². The van der Waals surface area contributed by atoms with Crippen molar-refractivity contribution in [3.05, 3.63) is 0 Å². The lowest BCUT2D eigenvalue weighted by Crippen LogP contribution is -2.66. The Labute approximate surface area is 220 Å². The standard InChI is InChI=1S/C23H37NO14/c1-14(25)24-20-22(37-17(4)28)21(36-16(3)27)18(13-35-15(2)26)38-23(20)34-12-11-33-10-9-32-8-7-31-6-5-19(29)30/h18,20-23H,5-13H2,1-4H3,(H,24,25)(H,29,30)/t18?,20?,21-,22?,23+/m0/s1. The van der Waals surface area contributed by atoms with Gasteiger partial charge in [-0.05, 0) is 0 Å². The number of carboxylic acid groups (broad SMARTS) is 1. The van der Waals surface area contributed by atoms with Gasteiger partial charge < -0.3 is 48.3 Å². The second kappa shape index (κ2) is 18.4. The van der Waals surface area contributed by atoms with E-state index in [1.807, 2.05) is 0 Å².